The zero-order valence-corrected chi connectivity index (χ0v) is 13.3. The molecular formula is C14H22BrNOS. The molecule has 1 fully saturated rings. The van der Waals surface area contributed by atoms with Gasteiger partial charge < -0.3 is 10.8 Å². The molecule has 0 radical (unpaired) electrons. The van der Waals surface area contributed by atoms with Crippen molar-refractivity contribution in [1.29, 1.82) is 0 Å². The smallest absolute Gasteiger partial charge is 0.0950 e. The number of halogens is 1. The van der Waals surface area contributed by atoms with Gasteiger partial charge in [-0.05, 0) is 41.8 Å². The molecule has 0 aliphatic heterocycles. The van der Waals surface area contributed by atoms with Gasteiger partial charge in [-0.2, -0.15) is 0 Å². The third kappa shape index (κ3) is 2.82. The highest BCUT2D eigenvalue weighted by Crippen LogP contribution is 2.46. The lowest BCUT2D eigenvalue weighted by atomic mass is 9.75. The number of nitrogens with two attached hydrogens (primary N) is 1. The third-order valence-corrected chi connectivity index (χ3v) is 6.42. The normalized spacial score (nSPS) is 21.6. The molecular weight excluding hydrogens is 310 g/mol. The fraction of sp³-hybridized carbons (Fsp3) is 0.714. The molecule has 0 bridgehead atoms. The quantitative estimate of drug-likeness (QED) is 0.817. The molecule has 18 heavy (non-hydrogen) atoms. The van der Waals surface area contributed by atoms with Crippen LogP contribution in [0.4, 0.5) is 0 Å². The van der Waals surface area contributed by atoms with Gasteiger partial charge in [0.1, 0.15) is 0 Å². The maximum atomic E-state index is 10.8. The molecule has 1 saturated carbocycles. The molecule has 1 atom stereocenters. The van der Waals surface area contributed by atoms with Gasteiger partial charge in [-0.1, -0.05) is 25.7 Å². The van der Waals surface area contributed by atoms with Gasteiger partial charge in [0.2, 0.25) is 0 Å². The lowest BCUT2D eigenvalue weighted by molar-refractivity contribution is 0.0193. The van der Waals surface area contributed by atoms with Crippen LogP contribution < -0.4 is 5.73 Å². The van der Waals surface area contributed by atoms with Gasteiger partial charge >= 0.3 is 0 Å². The first kappa shape index (κ1) is 14.5. The van der Waals surface area contributed by atoms with E-state index in [-0.39, 0.29) is 5.41 Å². The molecule has 1 heterocycles. The number of hydrogen-bond donors (Lipinski definition) is 2. The minimum atomic E-state index is -0.407. The number of aliphatic hydroxyl groups is 1. The second kappa shape index (κ2) is 6.04. The van der Waals surface area contributed by atoms with Crippen molar-refractivity contribution in [3.63, 3.8) is 0 Å². The molecule has 102 valence electrons. The van der Waals surface area contributed by atoms with Crippen molar-refractivity contribution in [2.24, 2.45) is 11.1 Å². The van der Waals surface area contributed by atoms with Crippen LogP contribution in [0.15, 0.2) is 10.5 Å². The van der Waals surface area contributed by atoms with Crippen LogP contribution in [0.3, 0.4) is 0 Å². The Bertz CT molecular complexity index is 377. The standard InChI is InChI=1S/C14H22BrNOS/c1-10-11(15)8-12(18-10)13(17)14(9-16)6-4-2-3-5-7-14/h8,13,17H,2-7,9,16H2,1H3. The van der Waals surface area contributed by atoms with E-state index >= 15 is 0 Å². The van der Waals surface area contributed by atoms with E-state index < -0.39 is 6.10 Å². The molecule has 1 aliphatic carbocycles. The zero-order valence-electron chi connectivity index (χ0n) is 10.9. The van der Waals surface area contributed by atoms with Crippen molar-refractivity contribution in [1.82, 2.24) is 0 Å². The van der Waals surface area contributed by atoms with E-state index in [1.54, 1.807) is 11.3 Å². The summed E-state index contributed by atoms with van der Waals surface area (Å²) in [5, 5.41) is 10.8. The Labute approximate surface area is 122 Å². The largest absolute Gasteiger partial charge is 0.387 e. The van der Waals surface area contributed by atoms with Crippen LogP contribution in [-0.2, 0) is 0 Å². The number of hydrogen-bond acceptors (Lipinski definition) is 3. The summed E-state index contributed by atoms with van der Waals surface area (Å²) >= 11 is 5.22. The average Bonchev–Trinajstić information content (AvgIpc) is 2.59. The van der Waals surface area contributed by atoms with Crippen molar-refractivity contribution in [3.05, 3.63) is 20.3 Å². The Morgan fingerprint density at radius 1 is 1.39 bits per heavy atom. The first-order chi connectivity index (χ1) is 8.59. The molecule has 1 unspecified atom stereocenters. The molecule has 4 heteroatoms. The van der Waals surface area contributed by atoms with Crippen molar-refractivity contribution in [2.45, 2.75) is 51.6 Å². The Balaban J connectivity index is 2.25. The molecule has 0 spiro atoms. The molecule has 1 aromatic heterocycles. The number of aliphatic hydroxyl groups excluding tert-OH is 1. The topological polar surface area (TPSA) is 46.2 Å². The van der Waals surface area contributed by atoms with Crippen LogP contribution in [0, 0.1) is 12.3 Å². The Hall–Kier alpha value is 0.100. The third-order valence-electron chi connectivity index (χ3n) is 4.23. The van der Waals surface area contributed by atoms with E-state index in [1.165, 1.54) is 30.6 Å². The Morgan fingerprint density at radius 3 is 2.44 bits per heavy atom. The van der Waals surface area contributed by atoms with Crippen molar-refractivity contribution < 1.29 is 5.11 Å². The Kier molecular flexibility index (Phi) is 4.86. The summed E-state index contributed by atoms with van der Waals surface area (Å²) in [5.41, 5.74) is 5.92. The van der Waals surface area contributed by atoms with Gasteiger partial charge in [0.15, 0.2) is 0 Å². The predicted molar refractivity (Wildman–Crippen MR) is 80.9 cm³/mol. The van der Waals surface area contributed by atoms with Crippen molar-refractivity contribution in [3.8, 4) is 0 Å². The van der Waals surface area contributed by atoms with Crippen molar-refractivity contribution >= 4 is 27.3 Å². The molecule has 1 aromatic rings. The van der Waals surface area contributed by atoms with E-state index in [9.17, 15) is 5.11 Å². The maximum Gasteiger partial charge on any atom is 0.0950 e. The average molecular weight is 332 g/mol. The highest BCUT2D eigenvalue weighted by atomic mass is 79.9. The second-order valence-corrected chi connectivity index (χ2v) is 7.58. The highest BCUT2D eigenvalue weighted by molar-refractivity contribution is 9.10. The van der Waals surface area contributed by atoms with E-state index in [2.05, 4.69) is 28.9 Å². The Morgan fingerprint density at radius 2 is 2.00 bits per heavy atom. The fourth-order valence-electron chi connectivity index (χ4n) is 2.94. The molecule has 0 amide bonds. The summed E-state index contributed by atoms with van der Waals surface area (Å²) in [7, 11) is 0. The van der Waals surface area contributed by atoms with E-state index in [1.807, 2.05) is 0 Å². The van der Waals surface area contributed by atoms with Crippen LogP contribution in [0.2, 0.25) is 0 Å². The molecule has 2 nitrogen and oxygen atoms in total. The molecule has 1 aliphatic rings. The SMILES string of the molecule is Cc1sc(C(O)C2(CN)CCCCCC2)cc1Br. The lowest BCUT2D eigenvalue weighted by Crippen LogP contribution is -2.36. The van der Waals surface area contributed by atoms with Gasteiger partial charge in [0, 0.05) is 26.2 Å². The van der Waals surface area contributed by atoms with Gasteiger partial charge in [-0.15, -0.1) is 11.3 Å². The van der Waals surface area contributed by atoms with Gasteiger partial charge in [-0.3, -0.25) is 0 Å². The molecule has 0 saturated heterocycles. The van der Waals surface area contributed by atoms with Crippen LogP contribution in [0.1, 0.15) is 54.4 Å². The first-order valence-electron chi connectivity index (χ1n) is 6.73. The summed E-state index contributed by atoms with van der Waals surface area (Å²) in [4.78, 5) is 2.29. The summed E-state index contributed by atoms with van der Waals surface area (Å²) in [6.45, 7) is 2.66. The summed E-state index contributed by atoms with van der Waals surface area (Å²) in [6.07, 6.45) is 6.65. The number of rotatable bonds is 3. The van der Waals surface area contributed by atoms with Gasteiger partial charge in [0.05, 0.1) is 6.10 Å². The van der Waals surface area contributed by atoms with Crippen LogP contribution in [0.25, 0.3) is 0 Å². The molecule has 2 rings (SSSR count). The second-order valence-electron chi connectivity index (χ2n) is 5.44. The predicted octanol–water partition coefficient (Wildman–Crippen LogP) is 4.15. The van der Waals surface area contributed by atoms with Crippen molar-refractivity contribution in [2.75, 3.05) is 6.54 Å². The monoisotopic (exact) mass is 331 g/mol. The van der Waals surface area contributed by atoms with Crippen LogP contribution in [0.5, 0.6) is 0 Å². The van der Waals surface area contributed by atoms with E-state index in [4.69, 9.17) is 5.73 Å². The zero-order chi connectivity index (χ0) is 13.2. The maximum absolute atomic E-state index is 10.8. The van der Waals surface area contributed by atoms with E-state index in [0.717, 1.165) is 22.2 Å². The summed E-state index contributed by atoms with van der Waals surface area (Å²) in [6, 6.07) is 2.06. The lowest BCUT2D eigenvalue weighted by Gasteiger charge is -2.36. The van der Waals surface area contributed by atoms with Crippen LogP contribution >= 0.6 is 27.3 Å². The fourth-order valence-corrected chi connectivity index (χ4v) is 4.63. The molecule has 0 aromatic carbocycles. The number of aryl methyl sites for hydroxylation is 1. The van der Waals surface area contributed by atoms with Gasteiger partial charge in [0.25, 0.3) is 0 Å². The molecule has 3 N–H and O–H groups in total. The summed E-state index contributed by atoms with van der Waals surface area (Å²) < 4.78 is 1.10. The van der Waals surface area contributed by atoms with Gasteiger partial charge in [-0.25, -0.2) is 0 Å². The van der Waals surface area contributed by atoms with E-state index in [0.29, 0.717) is 6.54 Å². The van der Waals surface area contributed by atoms with Crippen LogP contribution in [-0.4, -0.2) is 11.7 Å². The minimum Gasteiger partial charge on any atom is -0.387 e. The minimum absolute atomic E-state index is 0.104. The highest BCUT2D eigenvalue weighted by Gasteiger charge is 2.38. The number of thiophene rings is 1. The first-order valence-corrected chi connectivity index (χ1v) is 8.34. The summed E-state index contributed by atoms with van der Waals surface area (Å²) in [5.74, 6) is 0.